The van der Waals surface area contributed by atoms with Gasteiger partial charge in [0, 0.05) is 19.3 Å². The number of hydrogen-bond acceptors (Lipinski definition) is 3. The zero-order chi connectivity index (χ0) is 13.9. The minimum Gasteiger partial charge on any atom is -0.497 e. The molecule has 1 unspecified atom stereocenters. The first-order valence-electron chi connectivity index (χ1n) is 6.23. The second-order valence-electron chi connectivity index (χ2n) is 4.94. The number of rotatable bonds is 4. The van der Waals surface area contributed by atoms with Crippen LogP contribution in [-0.2, 0) is 0 Å². The highest BCUT2D eigenvalue weighted by molar-refractivity contribution is 5.90. The third kappa shape index (κ3) is 3.22. The molecule has 4 heteroatoms. The molecule has 1 heterocycles. The van der Waals surface area contributed by atoms with Gasteiger partial charge >= 0.3 is 0 Å². The second kappa shape index (κ2) is 5.26. The van der Waals surface area contributed by atoms with Crippen LogP contribution in [0, 0.1) is 5.41 Å². The molecule has 0 radical (unpaired) electrons. The number of allylic oxidation sites excluding steroid dienone is 1. The fourth-order valence-corrected chi connectivity index (χ4v) is 1.96. The summed E-state index contributed by atoms with van der Waals surface area (Å²) in [7, 11) is 5.61. The number of anilines is 1. The van der Waals surface area contributed by atoms with Crippen LogP contribution in [0.25, 0.3) is 0 Å². The first kappa shape index (κ1) is 13.3. The van der Waals surface area contributed by atoms with Gasteiger partial charge in [-0.1, -0.05) is 0 Å². The standard InChI is InChI=1S/C15H20N3O/c1-15(9-10-17(2)12-15)11-16-18(3)13-5-7-14(19-4)8-6-13/h5-12H,1-4H3/q+1. The Hall–Kier alpha value is -2.10. The highest BCUT2D eigenvalue weighted by Crippen LogP contribution is 2.20. The van der Waals surface area contributed by atoms with Gasteiger partial charge in [0.25, 0.3) is 0 Å². The molecule has 19 heavy (non-hydrogen) atoms. The van der Waals surface area contributed by atoms with Crippen molar-refractivity contribution in [3.8, 4) is 5.75 Å². The van der Waals surface area contributed by atoms with Crippen LogP contribution >= 0.6 is 0 Å². The van der Waals surface area contributed by atoms with Crippen LogP contribution in [-0.4, -0.2) is 38.2 Å². The molecule has 2 rings (SSSR count). The molecule has 0 spiro atoms. The highest BCUT2D eigenvalue weighted by Gasteiger charge is 2.26. The van der Waals surface area contributed by atoms with Crippen LogP contribution in [0.5, 0.6) is 5.75 Å². The van der Waals surface area contributed by atoms with E-state index in [0.29, 0.717) is 0 Å². The Bertz CT molecular complexity index is 531. The molecule has 4 nitrogen and oxygen atoms in total. The van der Waals surface area contributed by atoms with Gasteiger partial charge in [0.15, 0.2) is 12.4 Å². The summed E-state index contributed by atoms with van der Waals surface area (Å²) < 4.78 is 7.18. The van der Waals surface area contributed by atoms with Crippen molar-refractivity contribution in [3.63, 3.8) is 0 Å². The van der Waals surface area contributed by atoms with Crippen molar-refractivity contribution in [2.75, 3.05) is 26.2 Å². The molecule has 100 valence electrons. The lowest BCUT2D eigenvalue weighted by Crippen LogP contribution is -2.19. The van der Waals surface area contributed by atoms with Gasteiger partial charge in [0.2, 0.25) is 0 Å². The topological polar surface area (TPSA) is 27.8 Å². The average Bonchev–Trinajstić information content (AvgIpc) is 2.76. The van der Waals surface area contributed by atoms with E-state index in [9.17, 15) is 0 Å². The van der Waals surface area contributed by atoms with E-state index in [1.807, 2.05) is 60.4 Å². The monoisotopic (exact) mass is 258 g/mol. The molecule has 0 bridgehead atoms. The maximum Gasteiger partial charge on any atom is 0.165 e. The average molecular weight is 258 g/mol. The minimum atomic E-state index is -0.116. The molecule has 0 aromatic heterocycles. The third-order valence-electron chi connectivity index (χ3n) is 3.11. The van der Waals surface area contributed by atoms with Gasteiger partial charge in [-0.05, 0) is 31.2 Å². The molecule has 0 N–H and O–H groups in total. The van der Waals surface area contributed by atoms with Gasteiger partial charge in [-0.2, -0.15) is 5.10 Å². The minimum absolute atomic E-state index is 0.116. The van der Waals surface area contributed by atoms with E-state index in [-0.39, 0.29) is 5.41 Å². The van der Waals surface area contributed by atoms with E-state index < -0.39 is 0 Å². The first-order chi connectivity index (χ1) is 9.02. The summed E-state index contributed by atoms with van der Waals surface area (Å²) in [6.45, 7) is 2.12. The van der Waals surface area contributed by atoms with Crippen LogP contribution < -0.4 is 9.75 Å². The Kier molecular flexibility index (Phi) is 3.69. The number of ether oxygens (including phenoxy) is 1. The first-order valence-corrected chi connectivity index (χ1v) is 6.23. The summed E-state index contributed by atoms with van der Waals surface area (Å²) >= 11 is 0. The molecule has 0 aliphatic carbocycles. The van der Waals surface area contributed by atoms with E-state index >= 15 is 0 Å². The molecule has 1 aliphatic rings. The molecule has 0 amide bonds. The lowest BCUT2D eigenvalue weighted by molar-refractivity contribution is -0.414. The van der Waals surface area contributed by atoms with Gasteiger partial charge in [-0.3, -0.25) is 5.01 Å². The Morgan fingerprint density at radius 3 is 2.53 bits per heavy atom. The van der Waals surface area contributed by atoms with E-state index in [1.54, 1.807) is 7.11 Å². The van der Waals surface area contributed by atoms with Crippen molar-refractivity contribution in [1.82, 2.24) is 0 Å². The summed E-state index contributed by atoms with van der Waals surface area (Å²) in [5.74, 6) is 0.849. The smallest absolute Gasteiger partial charge is 0.165 e. The predicted octanol–water partition coefficient (Wildman–Crippen LogP) is 2.36. The molecule has 1 atom stereocenters. The molecule has 1 aromatic rings. The van der Waals surface area contributed by atoms with Crippen molar-refractivity contribution >= 4 is 18.1 Å². The number of nitrogens with zero attached hydrogens (tertiary/aromatic N) is 3. The maximum atomic E-state index is 5.14. The second-order valence-corrected chi connectivity index (χ2v) is 4.94. The van der Waals surface area contributed by atoms with Gasteiger partial charge in [0.05, 0.1) is 12.8 Å². The zero-order valence-corrected chi connectivity index (χ0v) is 11.9. The Balaban J connectivity index is 2.08. The number of hydrazone groups is 1. The van der Waals surface area contributed by atoms with E-state index in [1.165, 1.54) is 0 Å². The Labute approximate surface area is 114 Å². The maximum absolute atomic E-state index is 5.14. The molecular weight excluding hydrogens is 238 g/mol. The quantitative estimate of drug-likeness (QED) is 0.471. The summed E-state index contributed by atoms with van der Waals surface area (Å²) in [5.41, 5.74) is 0.908. The van der Waals surface area contributed by atoms with E-state index in [0.717, 1.165) is 11.4 Å². The highest BCUT2D eigenvalue weighted by atomic mass is 16.5. The van der Waals surface area contributed by atoms with Crippen molar-refractivity contribution in [2.24, 2.45) is 10.5 Å². The van der Waals surface area contributed by atoms with Gasteiger partial charge in [-0.15, -0.1) is 0 Å². The summed E-state index contributed by atoms with van der Waals surface area (Å²) in [6.07, 6.45) is 8.23. The number of methoxy groups -OCH3 is 1. The van der Waals surface area contributed by atoms with Gasteiger partial charge in [0.1, 0.15) is 18.2 Å². The van der Waals surface area contributed by atoms with E-state index in [4.69, 9.17) is 4.74 Å². The normalized spacial score (nSPS) is 21.8. The van der Waals surface area contributed by atoms with Crippen LogP contribution in [0.2, 0.25) is 0 Å². The van der Waals surface area contributed by atoms with Crippen molar-refractivity contribution in [1.29, 1.82) is 0 Å². The molecule has 0 saturated heterocycles. The molecule has 0 saturated carbocycles. The van der Waals surface area contributed by atoms with Gasteiger partial charge < -0.3 is 4.74 Å². The van der Waals surface area contributed by atoms with Crippen molar-refractivity contribution < 1.29 is 9.31 Å². The van der Waals surface area contributed by atoms with Crippen LogP contribution in [0.3, 0.4) is 0 Å². The Morgan fingerprint density at radius 1 is 1.32 bits per heavy atom. The van der Waals surface area contributed by atoms with Crippen LogP contribution in [0.1, 0.15) is 6.92 Å². The lowest BCUT2D eigenvalue weighted by atomic mass is 9.96. The molecule has 1 aromatic carbocycles. The lowest BCUT2D eigenvalue weighted by Gasteiger charge is -2.15. The fourth-order valence-electron chi connectivity index (χ4n) is 1.96. The van der Waals surface area contributed by atoms with Gasteiger partial charge in [-0.25, -0.2) is 4.58 Å². The summed E-state index contributed by atoms with van der Waals surface area (Å²) in [5, 5.41) is 6.35. The van der Waals surface area contributed by atoms with Crippen molar-refractivity contribution in [3.05, 3.63) is 36.5 Å². The third-order valence-corrected chi connectivity index (χ3v) is 3.11. The van der Waals surface area contributed by atoms with E-state index in [2.05, 4.69) is 24.3 Å². The van der Waals surface area contributed by atoms with Crippen LogP contribution in [0.4, 0.5) is 5.69 Å². The molecule has 0 fully saturated rings. The van der Waals surface area contributed by atoms with Crippen molar-refractivity contribution in [2.45, 2.75) is 6.92 Å². The summed E-state index contributed by atoms with van der Waals surface area (Å²) in [4.78, 5) is 0. The SMILES string of the molecule is COc1ccc(N(C)N=CC2(C)C=C[N+](C)=C2)cc1. The Morgan fingerprint density at radius 2 is 2.00 bits per heavy atom. The van der Waals surface area contributed by atoms with Crippen LogP contribution in [0.15, 0.2) is 41.6 Å². The molecular formula is C15H20N3O+. The molecule has 1 aliphatic heterocycles. The predicted molar refractivity (Wildman–Crippen MR) is 79.4 cm³/mol. The summed E-state index contributed by atoms with van der Waals surface area (Å²) in [6, 6.07) is 7.83. The number of hydrogen-bond donors (Lipinski definition) is 0. The number of benzene rings is 1. The largest absolute Gasteiger partial charge is 0.497 e. The zero-order valence-electron chi connectivity index (χ0n) is 11.9. The fraction of sp³-hybridized carbons (Fsp3) is 0.333.